The second kappa shape index (κ2) is 15.6. The largest absolute Gasteiger partial charge is 0.310 e. The number of aryl methyl sites for hydroxylation is 2. The molecule has 0 aliphatic carbocycles. The molecule has 0 aliphatic rings. The molecular formula is C54H54N2. The summed E-state index contributed by atoms with van der Waals surface area (Å²) in [6.45, 7) is 22.3. The first kappa shape index (κ1) is 38.2. The Morgan fingerprint density at radius 1 is 0.500 bits per heavy atom. The van der Waals surface area contributed by atoms with E-state index in [4.69, 9.17) is 0 Å². The van der Waals surface area contributed by atoms with E-state index in [-0.39, 0.29) is 10.8 Å². The van der Waals surface area contributed by atoms with Crippen molar-refractivity contribution >= 4 is 44.9 Å². The lowest BCUT2D eigenvalue weighted by molar-refractivity contribution is 0.590. The standard InChI is InChI=1S/C54H54N2/c1-10-19-50(55(42-21-13-11-14-22-42)44-30-26-40(27-31-44)53(4,5)6)47-34-35-49-51(37-36-48(52(49)39(47)3)46-25-18-17-20-38(46)2)56(43-23-15-12-16-24-43)45-32-28-41(29-33-45)54(7,8)9/h10-37H,1H2,2-9H3/b50-19+. The third kappa shape index (κ3) is 7.57. The Balaban J connectivity index is 1.50. The van der Waals surface area contributed by atoms with Gasteiger partial charge in [0.25, 0.3) is 0 Å². The third-order valence-corrected chi connectivity index (χ3v) is 10.9. The van der Waals surface area contributed by atoms with Gasteiger partial charge in [0.2, 0.25) is 0 Å². The average Bonchev–Trinajstić information content (AvgIpc) is 3.19. The highest BCUT2D eigenvalue weighted by molar-refractivity contribution is 6.10. The zero-order valence-corrected chi connectivity index (χ0v) is 34.3. The number of hydrogen-bond donors (Lipinski definition) is 0. The number of anilines is 5. The van der Waals surface area contributed by atoms with Gasteiger partial charge in [0, 0.05) is 33.7 Å². The van der Waals surface area contributed by atoms with Gasteiger partial charge in [0.15, 0.2) is 0 Å². The van der Waals surface area contributed by atoms with Gasteiger partial charge in [-0.3, -0.25) is 0 Å². The van der Waals surface area contributed by atoms with Gasteiger partial charge in [0.05, 0.1) is 11.4 Å². The van der Waals surface area contributed by atoms with E-state index in [1.165, 1.54) is 44.2 Å². The molecule has 0 radical (unpaired) electrons. The van der Waals surface area contributed by atoms with Crippen molar-refractivity contribution in [3.8, 4) is 11.1 Å². The summed E-state index contributed by atoms with van der Waals surface area (Å²) in [7, 11) is 0. The van der Waals surface area contributed by atoms with Crippen LogP contribution in [-0.4, -0.2) is 0 Å². The molecule has 0 saturated heterocycles. The fourth-order valence-electron chi connectivity index (χ4n) is 7.81. The fraction of sp³-hybridized carbons (Fsp3) is 0.185. The number of hydrogen-bond acceptors (Lipinski definition) is 2. The van der Waals surface area contributed by atoms with Crippen molar-refractivity contribution in [3.05, 3.63) is 204 Å². The van der Waals surface area contributed by atoms with E-state index in [1.807, 2.05) is 6.08 Å². The normalized spacial score (nSPS) is 12.1. The summed E-state index contributed by atoms with van der Waals surface area (Å²) >= 11 is 0. The lowest BCUT2D eigenvalue weighted by Crippen LogP contribution is -2.17. The van der Waals surface area contributed by atoms with Gasteiger partial charge in [-0.05, 0) is 124 Å². The highest BCUT2D eigenvalue weighted by Gasteiger charge is 2.24. The molecule has 0 aromatic heterocycles. The van der Waals surface area contributed by atoms with Gasteiger partial charge in [0.1, 0.15) is 0 Å². The third-order valence-electron chi connectivity index (χ3n) is 10.9. The lowest BCUT2D eigenvalue weighted by Gasteiger charge is -2.31. The summed E-state index contributed by atoms with van der Waals surface area (Å²) < 4.78 is 0. The summed E-state index contributed by atoms with van der Waals surface area (Å²) in [6, 6.07) is 57.5. The van der Waals surface area contributed by atoms with Gasteiger partial charge >= 0.3 is 0 Å². The van der Waals surface area contributed by atoms with Crippen LogP contribution in [0.3, 0.4) is 0 Å². The molecule has 0 bridgehead atoms. The number of para-hydroxylation sites is 2. The SMILES string of the molecule is C=C/C=C(\c1ccc2c(N(c3ccccc3)c3ccc(C(C)(C)C)cc3)ccc(-c3ccccc3C)c2c1C)N(c1ccccc1)c1ccc(C(C)(C)C)cc1. The smallest absolute Gasteiger partial charge is 0.0540 e. The maximum absolute atomic E-state index is 4.23. The Labute approximate surface area is 335 Å². The van der Waals surface area contributed by atoms with Gasteiger partial charge in [-0.1, -0.05) is 157 Å². The Hall–Kier alpha value is -6.12. The molecule has 7 aromatic rings. The number of fused-ring (bicyclic) bond motifs is 1. The van der Waals surface area contributed by atoms with Crippen molar-refractivity contribution in [1.82, 2.24) is 0 Å². The number of benzene rings is 7. The number of nitrogens with zero attached hydrogens (tertiary/aromatic N) is 2. The Bertz CT molecular complexity index is 2490. The van der Waals surface area contributed by atoms with E-state index in [2.05, 4.69) is 236 Å². The van der Waals surface area contributed by atoms with Crippen molar-refractivity contribution in [1.29, 1.82) is 0 Å². The molecule has 0 N–H and O–H groups in total. The van der Waals surface area contributed by atoms with Crippen LogP contribution in [0, 0.1) is 13.8 Å². The Morgan fingerprint density at radius 3 is 1.55 bits per heavy atom. The van der Waals surface area contributed by atoms with Crippen molar-refractivity contribution in [2.75, 3.05) is 9.80 Å². The predicted octanol–water partition coefficient (Wildman–Crippen LogP) is 15.6. The lowest BCUT2D eigenvalue weighted by atomic mass is 9.86. The summed E-state index contributed by atoms with van der Waals surface area (Å²) in [4.78, 5) is 4.77. The first-order valence-electron chi connectivity index (χ1n) is 19.7. The second-order valence-electron chi connectivity index (χ2n) is 16.8. The minimum Gasteiger partial charge on any atom is -0.310 e. The maximum Gasteiger partial charge on any atom is 0.0540 e. The molecule has 0 unspecified atom stereocenters. The van der Waals surface area contributed by atoms with Crippen molar-refractivity contribution in [2.45, 2.75) is 66.2 Å². The number of allylic oxidation sites excluding steroid dienone is 2. The minimum absolute atomic E-state index is 0.0523. The molecule has 7 rings (SSSR count). The highest BCUT2D eigenvalue weighted by atomic mass is 15.2. The van der Waals surface area contributed by atoms with Crippen LogP contribution in [0.5, 0.6) is 0 Å². The number of rotatable bonds is 9. The van der Waals surface area contributed by atoms with E-state index in [0.29, 0.717) is 0 Å². The maximum atomic E-state index is 4.23. The van der Waals surface area contributed by atoms with E-state index >= 15 is 0 Å². The van der Waals surface area contributed by atoms with Crippen LogP contribution in [0.4, 0.5) is 28.4 Å². The molecule has 0 spiro atoms. The summed E-state index contributed by atoms with van der Waals surface area (Å²) in [6.07, 6.45) is 4.07. The molecule has 0 heterocycles. The zero-order valence-electron chi connectivity index (χ0n) is 34.3. The van der Waals surface area contributed by atoms with Crippen LogP contribution in [0.2, 0.25) is 0 Å². The molecule has 7 aromatic carbocycles. The predicted molar refractivity (Wildman–Crippen MR) is 244 cm³/mol. The molecule has 2 heteroatoms. The van der Waals surface area contributed by atoms with E-state index in [0.717, 1.165) is 39.7 Å². The van der Waals surface area contributed by atoms with Gasteiger partial charge in [-0.2, -0.15) is 0 Å². The molecule has 0 aliphatic heterocycles. The molecular weight excluding hydrogens is 677 g/mol. The first-order chi connectivity index (χ1) is 26.9. The fourth-order valence-corrected chi connectivity index (χ4v) is 7.81. The van der Waals surface area contributed by atoms with Gasteiger partial charge in [-0.25, -0.2) is 0 Å². The first-order valence-corrected chi connectivity index (χ1v) is 19.7. The average molecular weight is 731 g/mol. The molecule has 0 atom stereocenters. The van der Waals surface area contributed by atoms with Crippen molar-refractivity contribution in [3.63, 3.8) is 0 Å². The zero-order chi connectivity index (χ0) is 39.6. The summed E-state index contributed by atoms with van der Waals surface area (Å²) in [5.74, 6) is 0. The Kier molecular flexibility index (Phi) is 10.6. The van der Waals surface area contributed by atoms with Crippen LogP contribution in [-0.2, 0) is 10.8 Å². The minimum atomic E-state index is 0.0523. The van der Waals surface area contributed by atoms with E-state index < -0.39 is 0 Å². The molecule has 56 heavy (non-hydrogen) atoms. The van der Waals surface area contributed by atoms with Crippen molar-refractivity contribution in [2.24, 2.45) is 0 Å². The molecule has 0 saturated carbocycles. The highest BCUT2D eigenvalue weighted by Crippen LogP contribution is 2.46. The molecule has 0 amide bonds. The van der Waals surface area contributed by atoms with Crippen LogP contribution in [0.25, 0.3) is 27.6 Å². The monoisotopic (exact) mass is 730 g/mol. The van der Waals surface area contributed by atoms with Crippen molar-refractivity contribution < 1.29 is 0 Å². The Morgan fingerprint density at radius 2 is 1.00 bits per heavy atom. The summed E-state index contributed by atoms with van der Waals surface area (Å²) in [5.41, 5.74) is 15.4. The van der Waals surface area contributed by atoms with Crippen LogP contribution < -0.4 is 9.80 Å². The topological polar surface area (TPSA) is 6.48 Å². The van der Waals surface area contributed by atoms with Gasteiger partial charge in [-0.15, -0.1) is 0 Å². The second-order valence-corrected chi connectivity index (χ2v) is 16.8. The molecule has 0 fully saturated rings. The molecule has 2 nitrogen and oxygen atoms in total. The van der Waals surface area contributed by atoms with E-state index in [1.54, 1.807) is 0 Å². The van der Waals surface area contributed by atoms with Gasteiger partial charge < -0.3 is 9.80 Å². The quantitative estimate of drug-likeness (QED) is 0.136. The van der Waals surface area contributed by atoms with Crippen LogP contribution >= 0.6 is 0 Å². The van der Waals surface area contributed by atoms with E-state index in [9.17, 15) is 0 Å². The molecule has 280 valence electrons. The summed E-state index contributed by atoms with van der Waals surface area (Å²) in [5, 5.41) is 2.42. The van der Waals surface area contributed by atoms with Crippen LogP contribution in [0.15, 0.2) is 176 Å². The van der Waals surface area contributed by atoms with Crippen LogP contribution in [0.1, 0.15) is 69.4 Å².